The molecule has 40 heavy (non-hydrogen) atoms. The van der Waals surface area contributed by atoms with Crippen LogP contribution in [0.2, 0.25) is 0 Å². The van der Waals surface area contributed by atoms with E-state index in [0.717, 1.165) is 0 Å². The van der Waals surface area contributed by atoms with Gasteiger partial charge in [-0.05, 0) is 0 Å². The summed E-state index contributed by atoms with van der Waals surface area (Å²) in [5.41, 5.74) is 0. The predicted octanol–water partition coefficient (Wildman–Crippen LogP) is -36.8. The van der Waals surface area contributed by atoms with Crippen molar-refractivity contribution in [3.05, 3.63) is 0 Å². The van der Waals surface area contributed by atoms with Crippen molar-refractivity contribution >= 4 is 39.7 Å². The van der Waals surface area contributed by atoms with Gasteiger partial charge in [0.25, 0.3) is 0 Å². The molecule has 0 aliphatic carbocycles. The van der Waals surface area contributed by atoms with Crippen LogP contribution in [0.25, 0.3) is 0 Å². The number of rotatable bonds is 16. The Hall–Kier alpha value is 9.43. The van der Waals surface area contributed by atoms with Gasteiger partial charge in [0.1, 0.15) is 0 Å². The maximum atomic E-state index is 11.1. The van der Waals surface area contributed by atoms with Crippen molar-refractivity contribution in [1.82, 2.24) is 14.7 Å². The summed E-state index contributed by atoms with van der Waals surface area (Å²) in [6.07, 6.45) is -6.66. The third-order valence-electron chi connectivity index (χ3n) is 3.34. The van der Waals surface area contributed by atoms with Crippen LogP contribution in [0.3, 0.4) is 0 Å². The second-order valence-electron chi connectivity index (χ2n) is 6.72. The Morgan fingerprint density at radius 1 is 0.325 bits per heavy atom. The molecule has 0 radical (unpaired) electrons. The third kappa shape index (κ3) is 51.8. The second-order valence-corrected chi connectivity index (χ2v) is 14.4. The van der Waals surface area contributed by atoms with E-state index in [9.17, 15) is 63.6 Å². The molecule has 194 valence electrons. The van der Waals surface area contributed by atoms with Crippen LogP contribution in [0.5, 0.6) is 0 Å². The summed E-state index contributed by atoms with van der Waals surface area (Å²) in [5.74, 6) is 0. The summed E-state index contributed by atoms with van der Waals surface area (Å²) in [7, 11) is -26.2. The number of hydrogen-bond acceptors (Lipinski definition) is 18. The van der Waals surface area contributed by atoms with Gasteiger partial charge in [0, 0.05) is 26.2 Å². The zero-order valence-electron chi connectivity index (χ0n) is 24.1. The van der Waals surface area contributed by atoms with Gasteiger partial charge in [-0.15, -0.1) is 31.8 Å². The molecule has 0 heterocycles. The molecule has 0 rings (SSSR count). The molecular formula is C9H20N3Na8O15P5. The zero-order chi connectivity index (χ0) is 25.6. The molecule has 31 heteroatoms. The molecule has 0 aliphatic heterocycles. The SMILES string of the molecule is [Na+].[Na+].[Na+].[Na+].[Na+].[Na+].[Na+].[Na+].[O-][P+]([O-])([O-])CN(CCN(C[P+]([O-])([O-])[O-])C[P+]([O-])([O-])[O-])CCN(C[P+]([O-])([O-])[O-])C[P+]([O-])(O)O. The van der Waals surface area contributed by atoms with Gasteiger partial charge in [0.05, 0.1) is 25.1 Å². The first kappa shape index (κ1) is 70.9. The summed E-state index contributed by atoms with van der Waals surface area (Å²) in [6, 6.07) is 0. The molecule has 0 bridgehead atoms. The van der Waals surface area contributed by atoms with Gasteiger partial charge < -0.3 is 63.6 Å². The molecule has 0 aromatic carbocycles. The smallest absolute Gasteiger partial charge is 0.687 e. The molecule has 0 aliphatic rings. The summed E-state index contributed by atoms with van der Waals surface area (Å²) < 4.78 is 0. The monoisotopic (exact) mass is 749 g/mol. The van der Waals surface area contributed by atoms with Crippen LogP contribution in [-0.4, -0.2) is 82.1 Å². The van der Waals surface area contributed by atoms with Crippen LogP contribution < -0.4 is 300 Å². The molecule has 0 saturated carbocycles. The standard InChI is InChI=1S/C9H28N3O15P5.8Na/c13-28(14,15)5-10(1-3-11(6-29(16,17)18)7-30(19,20)21)2-4-12(8-31(22,23)24)9-32(25,26)27;;;;;;;;/h1-9H2,(H2,13,14,15)(H2,16,17,18)(H2,19,20,21)(H2,22,23,24)(H2,25,26,27);;;;;;;;/q;8*+1/p-8. The van der Waals surface area contributed by atoms with Crippen LogP contribution in [0.4, 0.5) is 0 Å². The van der Waals surface area contributed by atoms with Gasteiger partial charge in [0.2, 0.25) is 7.94 Å². The normalized spacial score (nSPS) is 11.8. The zero-order valence-corrected chi connectivity index (χ0v) is 44.6. The maximum Gasteiger partial charge on any atom is 1.00 e. The summed E-state index contributed by atoms with van der Waals surface area (Å²) in [5, 5.41) is 0. The molecule has 0 unspecified atom stereocenters. The average Bonchev–Trinajstić information content (AvgIpc) is 2.41. The quantitative estimate of drug-likeness (QED) is 0.109. The van der Waals surface area contributed by atoms with Crippen molar-refractivity contribution in [3.8, 4) is 0 Å². The molecule has 0 amide bonds. The van der Waals surface area contributed by atoms with Crippen LogP contribution in [-0.2, 0) is 0 Å². The van der Waals surface area contributed by atoms with Crippen LogP contribution in [0, 0.1) is 0 Å². The Labute approximate surface area is 413 Å². The topological polar surface area (TPSA) is 350 Å². The van der Waals surface area contributed by atoms with E-state index >= 15 is 0 Å². The molecule has 0 atom stereocenters. The van der Waals surface area contributed by atoms with E-state index in [0.29, 0.717) is 14.7 Å². The van der Waals surface area contributed by atoms with E-state index in [4.69, 9.17) is 9.79 Å². The maximum absolute atomic E-state index is 11.1. The van der Waals surface area contributed by atoms with E-state index < -0.39 is 97.3 Å². The fourth-order valence-electron chi connectivity index (χ4n) is 2.43. The summed E-state index contributed by atoms with van der Waals surface area (Å²) in [4.78, 5) is 162. The third-order valence-corrected chi connectivity index (χ3v) is 7.10. The van der Waals surface area contributed by atoms with Gasteiger partial charge in [0.15, 0.2) is 6.29 Å². The van der Waals surface area contributed by atoms with Crippen LogP contribution in [0.15, 0.2) is 0 Å². The molecule has 2 N–H and O–H groups in total. The van der Waals surface area contributed by atoms with E-state index in [1.165, 1.54) is 0 Å². The van der Waals surface area contributed by atoms with E-state index in [1.807, 2.05) is 0 Å². The number of hydrogen-bond donors (Lipinski definition) is 2. The first-order chi connectivity index (χ1) is 13.9. The Kier molecular flexibility index (Phi) is 58.6. The first-order valence-corrected chi connectivity index (χ1v) is 16.9. The van der Waals surface area contributed by atoms with E-state index in [1.54, 1.807) is 0 Å². The predicted molar refractivity (Wildman–Crippen MR) is 88.4 cm³/mol. The molecule has 0 aromatic rings. The van der Waals surface area contributed by atoms with Crippen molar-refractivity contribution in [2.24, 2.45) is 0 Å². The Morgan fingerprint density at radius 2 is 0.500 bits per heavy atom. The molecule has 0 spiro atoms. The molecule has 0 fully saturated rings. The summed E-state index contributed by atoms with van der Waals surface area (Å²) >= 11 is 0. The van der Waals surface area contributed by atoms with Gasteiger partial charge >= 0.3 is 236 Å². The van der Waals surface area contributed by atoms with Crippen LogP contribution in [0.1, 0.15) is 0 Å². The average molecular weight is 749 g/mol. The summed E-state index contributed by atoms with van der Waals surface area (Å²) in [6.45, 7) is -2.63. The van der Waals surface area contributed by atoms with E-state index in [-0.39, 0.29) is 236 Å². The van der Waals surface area contributed by atoms with Gasteiger partial charge in [-0.1, -0.05) is 0 Å². The minimum absolute atomic E-state index is 0. The van der Waals surface area contributed by atoms with Crippen LogP contribution >= 0.6 is 39.7 Å². The Morgan fingerprint density at radius 3 is 0.700 bits per heavy atom. The van der Waals surface area contributed by atoms with Gasteiger partial charge in [-0.3, -0.25) is 4.90 Å². The molecule has 18 nitrogen and oxygen atoms in total. The number of nitrogens with zero attached hydrogens (tertiary/aromatic N) is 3. The van der Waals surface area contributed by atoms with Crippen molar-refractivity contribution in [2.75, 3.05) is 57.6 Å². The van der Waals surface area contributed by atoms with E-state index in [2.05, 4.69) is 0 Å². The largest absolute Gasteiger partial charge is 1.00 e. The molecular weight excluding hydrogens is 729 g/mol. The second kappa shape index (κ2) is 33.0. The van der Waals surface area contributed by atoms with Crippen molar-refractivity contribution in [3.63, 3.8) is 0 Å². The Balaban J connectivity index is -0.000000172. The molecule has 0 aromatic heterocycles. The van der Waals surface area contributed by atoms with Gasteiger partial charge in [-0.2, -0.15) is 0 Å². The minimum Gasteiger partial charge on any atom is -0.687 e. The van der Waals surface area contributed by atoms with Crippen molar-refractivity contribution in [2.45, 2.75) is 0 Å². The van der Waals surface area contributed by atoms with Crippen molar-refractivity contribution < 1.29 is 310 Å². The first-order valence-electron chi connectivity index (χ1n) is 8.20. The minimum atomic E-state index is -5.35. The fourth-order valence-corrected chi connectivity index (χ4v) is 6.48. The Bertz CT molecular complexity index is 502. The fraction of sp³-hybridized carbons (Fsp3) is 1.00. The van der Waals surface area contributed by atoms with Crippen molar-refractivity contribution in [1.29, 1.82) is 0 Å². The van der Waals surface area contributed by atoms with Gasteiger partial charge in [-0.25, -0.2) is 19.6 Å². The molecule has 0 saturated heterocycles.